The van der Waals surface area contributed by atoms with Crippen LogP contribution < -0.4 is 0 Å². The zero-order chi connectivity index (χ0) is 33.3. The summed E-state index contributed by atoms with van der Waals surface area (Å²) >= 11 is 0. The fraction of sp³-hybridized carbons (Fsp3) is 0.366. The molecule has 0 aliphatic rings. The molecule has 0 radical (unpaired) electrons. The molecule has 1 unspecified atom stereocenters. The summed E-state index contributed by atoms with van der Waals surface area (Å²) in [6.45, 7) is 30.9. The lowest BCUT2D eigenvalue weighted by Gasteiger charge is -2.10. The summed E-state index contributed by atoms with van der Waals surface area (Å²) in [5, 5.41) is 5.28. The molecule has 0 fully saturated rings. The van der Waals surface area contributed by atoms with Crippen molar-refractivity contribution in [1.82, 2.24) is 14.8 Å². The van der Waals surface area contributed by atoms with E-state index in [0.29, 0.717) is 0 Å². The molecule has 0 bridgehead atoms. The Morgan fingerprint density at radius 3 is 2.27 bits per heavy atom. The van der Waals surface area contributed by atoms with E-state index in [0.717, 1.165) is 52.2 Å². The maximum absolute atomic E-state index is 4.59. The lowest BCUT2D eigenvalue weighted by Crippen LogP contribution is -1.99. The van der Waals surface area contributed by atoms with E-state index in [1.165, 1.54) is 36.8 Å². The molecule has 2 aromatic heterocycles. The van der Waals surface area contributed by atoms with Crippen molar-refractivity contribution in [3.05, 3.63) is 127 Å². The second-order valence-electron chi connectivity index (χ2n) is 10.5. The van der Waals surface area contributed by atoms with Gasteiger partial charge < -0.3 is 0 Å². The van der Waals surface area contributed by atoms with Gasteiger partial charge in [-0.1, -0.05) is 107 Å². The van der Waals surface area contributed by atoms with Gasteiger partial charge in [0.15, 0.2) is 0 Å². The summed E-state index contributed by atoms with van der Waals surface area (Å²) in [6, 6.07) is 19.1. The van der Waals surface area contributed by atoms with Crippen LogP contribution in [0.2, 0.25) is 0 Å². The first kappa shape index (κ1) is 39.8. The number of benzene rings is 2. The lowest BCUT2D eigenvalue weighted by molar-refractivity contribution is 0.503. The standard InChI is InChI=1S/C20H19N3.C14H22.C3H6.C2H6.C2H4/c1-15(2)18-13-16(3)22-20-9-8-17(14-19(18)20)7-4-5-11-23-12-6-10-21-23;1-4-5-6-13(3)11-14-9-7-12(2)8-10-14;1-3-2;2*1-2/h6,8-10,12-14H,1,5,11H2,2-3H3;7-10,13H,4-6,11H2,1-3H3;3H,1H2,2H3;1-2H3;1-2H2. The monoisotopic (exact) mass is 591 g/mol. The van der Waals surface area contributed by atoms with Gasteiger partial charge in [0.05, 0.1) is 12.1 Å². The molecule has 0 saturated carbocycles. The number of allylic oxidation sites excluding steroid dienone is 2. The van der Waals surface area contributed by atoms with Crippen molar-refractivity contribution in [3.8, 4) is 11.8 Å². The summed E-state index contributed by atoms with van der Waals surface area (Å²) < 4.78 is 1.89. The number of pyridine rings is 1. The van der Waals surface area contributed by atoms with Gasteiger partial charge in [0.1, 0.15) is 0 Å². The van der Waals surface area contributed by atoms with Crippen LogP contribution in [0, 0.1) is 31.6 Å². The Bertz CT molecular complexity index is 1400. The van der Waals surface area contributed by atoms with E-state index in [1.807, 2.05) is 63.7 Å². The first-order valence-corrected chi connectivity index (χ1v) is 15.9. The van der Waals surface area contributed by atoms with E-state index in [2.05, 4.69) is 105 Å². The van der Waals surface area contributed by atoms with Crippen LogP contribution in [-0.2, 0) is 13.0 Å². The molecule has 3 heteroatoms. The molecule has 44 heavy (non-hydrogen) atoms. The molecule has 0 saturated heterocycles. The van der Waals surface area contributed by atoms with Crippen LogP contribution in [0.1, 0.15) is 95.2 Å². The molecule has 0 aliphatic carbocycles. The Labute approximate surface area is 269 Å². The smallest absolute Gasteiger partial charge is 0.0712 e. The van der Waals surface area contributed by atoms with Crippen molar-refractivity contribution in [3.63, 3.8) is 0 Å². The third kappa shape index (κ3) is 15.9. The molecule has 2 aromatic carbocycles. The van der Waals surface area contributed by atoms with E-state index in [-0.39, 0.29) is 0 Å². The molecule has 2 heterocycles. The van der Waals surface area contributed by atoms with Crippen LogP contribution in [0.3, 0.4) is 0 Å². The molecular weight excluding hydrogens is 534 g/mol. The van der Waals surface area contributed by atoms with Gasteiger partial charge in [0, 0.05) is 35.5 Å². The minimum atomic E-state index is 0.777. The van der Waals surface area contributed by atoms with Gasteiger partial charge in [-0.3, -0.25) is 9.67 Å². The number of unbranched alkanes of at least 4 members (excludes halogenated alkanes) is 1. The quantitative estimate of drug-likeness (QED) is 0.151. The van der Waals surface area contributed by atoms with Crippen molar-refractivity contribution >= 4 is 16.5 Å². The van der Waals surface area contributed by atoms with Crippen LogP contribution in [0.5, 0.6) is 0 Å². The van der Waals surface area contributed by atoms with Crippen molar-refractivity contribution in [2.45, 2.75) is 94.0 Å². The first-order valence-electron chi connectivity index (χ1n) is 15.9. The first-order chi connectivity index (χ1) is 21.3. The molecule has 0 N–H and O–H groups in total. The predicted octanol–water partition coefficient (Wildman–Crippen LogP) is 11.6. The molecule has 0 amide bonds. The normalized spacial score (nSPS) is 10.0. The number of nitrogens with zero attached hydrogens (tertiary/aromatic N) is 3. The largest absolute Gasteiger partial charge is 0.272 e. The molecule has 0 aliphatic heterocycles. The van der Waals surface area contributed by atoms with Crippen LogP contribution in [0.15, 0.2) is 99.4 Å². The number of aromatic nitrogens is 3. The fourth-order valence-corrected chi connectivity index (χ4v) is 4.34. The minimum Gasteiger partial charge on any atom is -0.272 e. The van der Waals surface area contributed by atoms with E-state index in [9.17, 15) is 0 Å². The van der Waals surface area contributed by atoms with Crippen LogP contribution in [0.4, 0.5) is 0 Å². The molecule has 4 aromatic rings. The second kappa shape index (κ2) is 24.3. The van der Waals surface area contributed by atoms with Crippen LogP contribution in [0.25, 0.3) is 16.5 Å². The van der Waals surface area contributed by atoms with E-state index in [4.69, 9.17) is 0 Å². The highest BCUT2D eigenvalue weighted by Crippen LogP contribution is 2.25. The van der Waals surface area contributed by atoms with Gasteiger partial charge in [-0.05, 0) is 81.5 Å². The molecule has 0 spiro atoms. The van der Waals surface area contributed by atoms with Crippen molar-refractivity contribution in [1.29, 1.82) is 0 Å². The highest BCUT2D eigenvalue weighted by molar-refractivity contribution is 5.91. The van der Waals surface area contributed by atoms with Crippen LogP contribution >= 0.6 is 0 Å². The van der Waals surface area contributed by atoms with E-state index in [1.54, 1.807) is 12.3 Å². The minimum absolute atomic E-state index is 0.777. The molecular formula is C41H57N3. The zero-order valence-electron chi connectivity index (χ0n) is 28.9. The summed E-state index contributed by atoms with van der Waals surface area (Å²) in [5.74, 6) is 7.27. The maximum Gasteiger partial charge on any atom is 0.0712 e. The van der Waals surface area contributed by atoms with Gasteiger partial charge in [-0.15, -0.1) is 19.7 Å². The number of aryl methyl sites for hydroxylation is 3. The molecule has 1 atom stereocenters. The number of fused-ring (bicyclic) bond motifs is 1. The summed E-state index contributed by atoms with van der Waals surface area (Å²) in [6.07, 6.45) is 11.5. The third-order valence-corrected chi connectivity index (χ3v) is 6.41. The average Bonchev–Trinajstić information content (AvgIpc) is 3.55. The molecule has 236 valence electrons. The molecule has 3 nitrogen and oxygen atoms in total. The Morgan fingerprint density at radius 1 is 1.05 bits per heavy atom. The van der Waals surface area contributed by atoms with Gasteiger partial charge in [0.25, 0.3) is 0 Å². The number of hydrogen-bond acceptors (Lipinski definition) is 2. The lowest BCUT2D eigenvalue weighted by atomic mass is 9.96. The van der Waals surface area contributed by atoms with Gasteiger partial charge in [0.2, 0.25) is 0 Å². The van der Waals surface area contributed by atoms with Crippen molar-refractivity contribution in [2.75, 3.05) is 0 Å². The van der Waals surface area contributed by atoms with E-state index >= 15 is 0 Å². The zero-order valence-corrected chi connectivity index (χ0v) is 28.9. The summed E-state index contributed by atoms with van der Waals surface area (Å²) in [7, 11) is 0. The maximum atomic E-state index is 4.59. The third-order valence-electron chi connectivity index (χ3n) is 6.41. The van der Waals surface area contributed by atoms with Crippen molar-refractivity contribution < 1.29 is 0 Å². The SMILES string of the molecule is C=C.C=C(C)c1cc(C)nc2ccc(C#CCCn3cccn3)cc12.C=CC.CC.CCCCC(C)Cc1ccc(C)cc1. The Kier molecular flexibility index (Phi) is 22.0. The van der Waals surface area contributed by atoms with Gasteiger partial charge >= 0.3 is 0 Å². The van der Waals surface area contributed by atoms with Crippen LogP contribution in [-0.4, -0.2) is 14.8 Å². The Morgan fingerprint density at radius 2 is 1.70 bits per heavy atom. The van der Waals surface area contributed by atoms with E-state index < -0.39 is 0 Å². The highest BCUT2D eigenvalue weighted by Gasteiger charge is 2.05. The highest BCUT2D eigenvalue weighted by atomic mass is 15.3. The second-order valence-corrected chi connectivity index (χ2v) is 10.5. The molecule has 4 rings (SSSR count). The summed E-state index contributed by atoms with van der Waals surface area (Å²) in [4.78, 5) is 4.59. The number of rotatable bonds is 8. The van der Waals surface area contributed by atoms with Gasteiger partial charge in [-0.2, -0.15) is 5.10 Å². The Hall–Kier alpha value is -4.16. The summed E-state index contributed by atoms with van der Waals surface area (Å²) in [5.41, 5.74) is 8.04. The Balaban J connectivity index is 0.000000754. The van der Waals surface area contributed by atoms with Crippen molar-refractivity contribution in [2.24, 2.45) is 5.92 Å². The predicted molar refractivity (Wildman–Crippen MR) is 197 cm³/mol. The van der Waals surface area contributed by atoms with Gasteiger partial charge in [-0.25, -0.2) is 0 Å². The number of hydrogen-bond donors (Lipinski definition) is 0. The topological polar surface area (TPSA) is 30.7 Å². The fourth-order valence-electron chi connectivity index (χ4n) is 4.34. The average molecular weight is 592 g/mol.